The number of rotatable bonds is 2. The Bertz CT molecular complexity index is 459. The maximum atomic E-state index is 11.9. The van der Waals surface area contributed by atoms with Crippen LogP contribution in [0.15, 0.2) is 18.2 Å². The number of hydrogen-bond donors (Lipinski definition) is 0. The fourth-order valence-electron chi connectivity index (χ4n) is 2.16. The van der Waals surface area contributed by atoms with E-state index in [4.69, 9.17) is 4.74 Å². The maximum absolute atomic E-state index is 11.9. The molecule has 1 aromatic rings. The summed E-state index contributed by atoms with van der Waals surface area (Å²) in [6.45, 7) is 15.3. The average molecular weight is 262 g/mol. The van der Waals surface area contributed by atoms with Gasteiger partial charge < -0.3 is 4.74 Å². The van der Waals surface area contributed by atoms with Crippen LogP contribution in [0.1, 0.15) is 70.0 Å². The van der Waals surface area contributed by atoms with Crippen LogP contribution in [-0.4, -0.2) is 12.6 Å². The molecule has 19 heavy (non-hydrogen) atoms. The zero-order valence-corrected chi connectivity index (χ0v) is 13.3. The van der Waals surface area contributed by atoms with E-state index in [-0.39, 0.29) is 16.8 Å². The van der Waals surface area contributed by atoms with Crippen LogP contribution >= 0.6 is 0 Å². The summed E-state index contributed by atoms with van der Waals surface area (Å²) in [5.74, 6) is -0.242. The van der Waals surface area contributed by atoms with Gasteiger partial charge in [-0.15, -0.1) is 0 Å². The van der Waals surface area contributed by atoms with Crippen molar-refractivity contribution in [2.45, 2.75) is 59.3 Å². The molecular weight excluding hydrogens is 236 g/mol. The Hall–Kier alpha value is -1.31. The van der Waals surface area contributed by atoms with Crippen molar-refractivity contribution in [2.24, 2.45) is 0 Å². The standard InChI is InChI=1S/C17H26O2/c1-8-19-15(18)12-9-10-13(16(2,3)4)14(11-12)17(5,6)7/h9-11H,8H2,1-7H3. The molecule has 0 amide bonds. The van der Waals surface area contributed by atoms with E-state index in [0.29, 0.717) is 12.2 Å². The van der Waals surface area contributed by atoms with Crippen molar-refractivity contribution in [2.75, 3.05) is 6.61 Å². The summed E-state index contributed by atoms with van der Waals surface area (Å²) < 4.78 is 5.08. The second-order valence-corrected chi connectivity index (χ2v) is 6.98. The van der Waals surface area contributed by atoms with Gasteiger partial charge >= 0.3 is 5.97 Å². The Morgan fingerprint density at radius 1 is 1.00 bits per heavy atom. The van der Waals surface area contributed by atoms with Crippen molar-refractivity contribution in [3.63, 3.8) is 0 Å². The van der Waals surface area contributed by atoms with Crippen molar-refractivity contribution in [3.05, 3.63) is 34.9 Å². The van der Waals surface area contributed by atoms with Crippen LogP contribution < -0.4 is 0 Å². The lowest BCUT2D eigenvalue weighted by Gasteiger charge is -2.30. The molecule has 2 nitrogen and oxygen atoms in total. The summed E-state index contributed by atoms with van der Waals surface area (Å²) in [4.78, 5) is 11.9. The smallest absolute Gasteiger partial charge is 0.338 e. The van der Waals surface area contributed by atoms with Crippen LogP contribution in [0.2, 0.25) is 0 Å². The van der Waals surface area contributed by atoms with Crippen molar-refractivity contribution in [1.29, 1.82) is 0 Å². The molecule has 0 spiro atoms. The molecule has 0 saturated carbocycles. The van der Waals surface area contributed by atoms with Crippen LogP contribution in [0, 0.1) is 0 Å². The lowest BCUT2D eigenvalue weighted by atomic mass is 9.75. The molecule has 0 unspecified atom stereocenters. The highest BCUT2D eigenvalue weighted by molar-refractivity contribution is 5.89. The molecule has 0 N–H and O–H groups in total. The molecule has 0 heterocycles. The van der Waals surface area contributed by atoms with Crippen LogP contribution in [0.5, 0.6) is 0 Å². The molecule has 0 bridgehead atoms. The fourth-order valence-corrected chi connectivity index (χ4v) is 2.16. The van der Waals surface area contributed by atoms with E-state index in [2.05, 4.69) is 47.6 Å². The van der Waals surface area contributed by atoms with Gasteiger partial charge in [0, 0.05) is 0 Å². The second kappa shape index (κ2) is 5.36. The first-order chi connectivity index (χ1) is 8.57. The molecule has 0 atom stereocenters. The van der Waals surface area contributed by atoms with E-state index in [1.54, 1.807) is 0 Å². The molecule has 106 valence electrons. The number of benzene rings is 1. The van der Waals surface area contributed by atoms with Crippen molar-refractivity contribution in [1.82, 2.24) is 0 Å². The minimum atomic E-state index is -0.242. The third kappa shape index (κ3) is 3.82. The summed E-state index contributed by atoms with van der Waals surface area (Å²) in [5, 5.41) is 0. The zero-order chi connectivity index (χ0) is 14.8. The molecule has 0 fully saturated rings. The molecule has 2 heteroatoms. The van der Waals surface area contributed by atoms with Crippen LogP contribution in [-0.2, 0) is 15.6 Å². The number of carbonyl (C=O) groups excluding carboxylic acids is 1. The minimum absolute atomic E-state index is 0.00508. The Kier molecular flexibility index (Phi) is 4.44. The van der Waals surface area contributed by atoms with Crippen molar-refractivity contribution >= 4 is 5.97 Å². The predicted molar refractivity (Wildman–Crippen MR) is 79.8 cm³/mol. The molecule has 0 aliphatic heterocycles. The summed E-state index contributed by atoms with van der Waals surface area (Å²) in [6, 6.07) is 5.92. The quantitative estimate of drug-likeness (QED) is 0.736. The first-order valence-electron chi connectivity index (χ1n) is 6.89. The Balaban J connectivity index is 3.36. The maximum Gasteiger partial charge on any atom is 0.338 e. The average Bonchev–Trinajstić information content (AvgIpc) is 2.26. The SMILES string of the molecule is CCOC(=O)c1ccc(C(C)(C)C)c(C(C)(C)C)c1. The van der Waals surface area contributed by atoms with Gasteiger partial charge in [-0.1, -0.05) is 47.6 Å². The van der Waals surface area contributed by atoms with Crippen molar-refractivity contribution in [3.8, 4) is 0 Å². The monoisotopic (exact) mass is 262 g/mol. The topological polar surface area (TPSA) is 26.3 Å². The van der Waals surface area contributed by atoms with Gasteiger partial charge in [-0.05, 0) is 41.0 Å². The first kappa shape index (κ1) is 15.7. The minimum Gasteiger partial charge on any atom is -0.462 e. The fraction of sp³-hybridized carbons (Fsp3) is 0.588. The number of ether oxygens (including phenoxy) is 1. The molecule has 0 saturated heterocycles. The highest BCUT2D eigenvalue weighted by Crippen LogP contribution is 2.34. The van der Waals surface area contributed by atoms with Gasteiger partial charge in [0.1, 0.15) is 0 Å². The molecule has 0 aliphatic rings. The molecule has 0 radical (unpaired) electrons. The Morgan fingerprint density at radius 2 is 1.53 bits per heavy atom. The summed E-state index contributed by atoms with van der Waals surface area (Å²) in [6.07, 6.45) is 0. The second-order valence-electron chi connectivity index (χ2n) is 6.98. The van der Waals surface area contributed by atoms with Gasteiger partial charge in [-0.2, -0.15) is 0 Å². The summed E-state index contributed by atoms with van der Waals surface area (Å²) >= 11 is 0. The van der Waals surface area contributed by atoms with E-state index in [1.165, 1.54) is 11.1 Å². The normalized spacial score (nSPS) is 12.4. The van der Waals surface area contributed by atoms with E-state index in [1.807, 2.05) is 19.1 Å². The van der Waals surface area contributed by atoms with Gasteiger partial charge in [-0.25, -0.2) is 4.79 Å². The van der Waals surface area contributed by atoms with E-state index in [9.17, 15) is 4.79 Å². The largest absolute Gasteiger partial charge is 0.462 e. The zero-order valence-electron chi connectivity index (χ0n) is 13.3. The van der Waals surface area contributed by atoms with E-state index >= 15 is 0 Å². The van der Waals surface area contributed by atoms with Gasteiger partial charge in [0.05, 0.1) is 12.2 Å². The molecular formula is C17H26O2. The molecule has 1 aromatic carbocycles. The lowest BCUT2D eigenvalue weighted by Crippen LogP contribution is -2.22. The molecule has 0 aromatic heterocycles. The van der Waals surface area contributed by atoms with E-state index < -0.39 is 0 Å². The number of esters is 1. The molecule has 0 aliphatic carbocycles. The van der Waals surface area contributed by atoms with Crippen LogP contribution in [0.25, 0.3) is 0 Å². The Morgan fingerprint density at radius 3 is 1.95 bits per heavy atom. The number of carbonyl (C=O) groups is 1. The summed E-state index contributed by atoms with van der Waals surface area (Å²) in [5.41, 5.74) is 3.21. The van der Waals surface area contributed by atoms with Crippen molar-refractivity contribution < 1.29 is 9.53 Å². The highest BCUT2D eigenvalue weighted by atomic mass is 16.5. The van der Waals surface area contributed by atoms with Gasteiger partial charge in [0.15, 0.2) is 0 Å². The first-order valence-corrected chi connectivity index (χ1v) is 6.89. The lowest BCUT2D eigenvalue weighted by molar-refractivity contribution is 0.0526. The predicted octanol–water partition coefficient (Wildman–Crippen LogP) is 4.46. The third-order valence-electron chi connectivity index (χ3n) is 3.15. The number of hydrogen-bond acceptors (Lipinski definition) is 2. The Labute approximate surface area is 117 Å². The molecule has 1 rings (SSSR count). The third-order valence-corrected chi connectivity index (χ3v) is 3.15. The van der Waals surface area contributed by atoms with E-state index in [0.717, 1.165) is 0 Å². The van der Waals surface area contributed by atoms with Crippen LogP contribution in [0.3, 0.4) is 0 Å². The van der Waals surface area contributed by atoms with Gasteiger partial charge in [-0.3, -0.25) is 0 Å². The van der Waals surface area contributed by atoms with Crippen LogP contribution in [0.4, 0.5) is 0 Å². The van der Waals surface area contributed by atoms with Gasteiger partial charge in [0.25, 0.3) is 0 Å². The highest BCUT2D eigenvalue weighted by Gasteiger charge is 2.26. The summed E-state index contributed by atoms with van der Waals surface area (Å²) in [7, 11) is 0. The van der Waals surface area contributed by atoms with Gasteiger partial charge in [0.2, 0.25) is 0 Å².